The molecular formula is C19H13N5S. The minimum absolute atomic E-state index is 0.437. The molecule has 0 aliphatic rings. The van der Waals surface area contributed by atoms with Crippen LogP contribution in [0, 0.1) is 18.3 Å². The van der Waals surface area contributed by atoms with E-state index in [2.05, 4.69) is 40.4 Å². The molecule has 0 spiro atoms. The summed E-state index contributed by atoms with van der Waals surface area (Å²) in [6.07, 6.45) is 2.99. The number of hydrogen-bond acceptors (Lipinski definition) is 6. The van der Waals surface area contributed by atoms with Crippen molar-refractivity contribution in [1.82, 2.24) is 15.0 Å². The van der Waals surface area contributed by atoms with Crippen molar-refractivity contribution in [2.75, 3.05) is 5.32 Å². The van der Waals surface area contributed by atoms with Gasteiger partial charge in [0.15, 0.2) is 0 Å². The molecule has 0 bridgehead atoms. The molecule has 0 unspecified atom stereocenters. The monoisotopic (exact) mass is 343 g/mol. The van der Waals surface area contributed by atoms with Gasteiger partial charge < -0.3 is 5.32 Å². The van der Waals surface area contributed by atoms with Crippen LogP contribution in [0.5, 0.6) is 0 Å². The summed E-state index contributed by atoms with van der Waals surface area (Å²) in [4.78, 5) is 12.9. The van der Waals surface area contributed by atoms with Gasteiger partial charge in [0.05, 0.1) is 28.2 Å². The Bertz CT molecular complexity index is 1080. The minimum Gasteiger partial charge on any atom is -0.324 e. The maximum Gasteiger partial charge on any atom is 0.227 e. The van der Waals surface area contributed by atoms with Gasteiger partial charge in [0, 0.05) is 11.3 Å². The van der Waals surface area contributed by atoms with Crippen molar-refractivity contribution in [2.45, 2.75) is 6.92 Å². The second kappa shape index (κ2) is 6.30. The van der Waals surface area contributed by atoms with E-state index < -0.39 is 0 Å². The van der Waals surface area contributed by atoms with E-state index in [4.69, 9.17) is 10.2 Å². The van der Waals surface area contributed by atoms with Crippen LogP contribution in [0.1, 0.15) is 11.1 Å². The Hall–Kier alpha value is -3.30. The van der Waals surface area contributed by atoms with Crippen molar-refractivity contribution in [3.05, 3.63) is 66.0 Å². The second-order valence-corrected chi connectivity index (χ2v) is 6.63. The molecule has 2 aromatic carbocycles. The van der Waals surface area contributed by atoms with Crippen LogP contribution in [0.3, 0.4) is 0 Å². The van der Waals surface area contributed by atoms with Crippen LogP contribution in [-0.4, -0.2) is 15.0 Å². The van der Waals surface area contributed by atoms with Gasteiger partial charge in [0.1, 0.15) is 11.1 Å². The molecular weight excluding hydrogens is 330 g/mol. The molecule has 4 aromatic rings. The zero-order valence-electron chi connectivity index (χ0n) is 13.4. The molecule has 0 atom stereocenters. The maximum atomic E-state index is 8.77. The van der Waals surface area contributed by atoms with Crippen LogP contribution in [0.25, 0.3) is 20.8 Å². The summed E-state index contributed by atoms with van der Waals surface area (Å²) in [6.45, 7) is 2.09. The van der Waals surface area contributed by atoms with E-state index in [-0.39, 0.29) is 0 Å². The van der Waals surface area contributed by atoms with Crippen molar-refractivity contribution < 1.29 is 0 Å². The van der Waals surface area contributed by atoms with Gasteiger partial charge in [0.2, 0.25) is 5.95 Å². The minimum atomic E-state index is 0.437. The lowest BCUT2D eigenvalue weighted by atomic mass is 10.2. The smallest absolute Gasteiger partial charge is 0.227 e. The molecule has 0 saturated heterocycles. The van der Waals surface area contributed by atoms with Crippen LogP contribution in [0.2, 0.25) is 0 Å². The van der Waals surface area contributed by atoms with Crippen molar-refractivity contribution in [2.24, 2.45) is 0 Å². The highest BCUT2D eigenvalue weighted by molar-refractivity contribution is 7.21. The molecule has 120 valence electrons. The fourth-order valence-corrected chi connectivity index (χ4v) is 3.50. The standard InChI is InChI=1S/C19H13N5S/c1-12-2-7-16-17(8-12)25-18(24-16)14-3-5-15(6-4-14)23-19-21-10-13(9-20)11-22-19/h2-8,10-11H,1H3,(H,21,22,23). The van der Waals surface area contributed by atoms with E-state index >= 15 is 0 Å². The van der Waals surface area contributed by atoms with Crippen LogP contribution in [0.15, 0.2) is 54.9 Å². The van der Waals surface area contributed by atoms with E-state index in [1.54, 1.807) is 11.3 Å². The normalized spacial score (nSPS) is 10.6. The average molecular weight is 343 g/mol. The van der Waals surface area contributed by atoms with Crippen molar-refractivity contribution >= 4 is 33.2 Å². The predicted octanol–water partition coefficient (Wildman–Crippen LogP) is 4.68. The number of nitriles is 1. The first kappa shape index (κ1) is 15.2. The Morgan fingerprint density at radius 1 is 1.04 bits per heavy atom. The molecule has 0 fully saturated rings. The number of thiazole rings is 1. The molecule has 1 N–H and O–H groups in total. The van der Waals surface area contributed by atoms with Gasteiger partial charge in [0.25, 0.3) is 0 Å². The lowest BCUT2D eigenvalue weighted by molar-refractivity contribution is 1.15. The molecule has 25 heavy (non-hydrogen) atoms. The Labute approximate surface area is 148 Å². The van der Waals surface area contributed by atoms with Gasteiger partial charge >= 0.3 is 0 Å². The molecule has 0 aliphatic heterocycles. The summed E-state index contributed by atoms with van der Waals surface area (Å²) in [5, 5.41) is 12.9. The topological polar surface area (TPSA) is 74.5 Å². The second-order valence-electron chi connectivity index (χ2n) is 5.60. The average Bonchev–Trinajstić information content (AvgIpc) is 3.06. The summed E-state index contributed by atoms with van der Waals surface area (Å²) in [5.41, 5.74) is 4.66. The zero-order chi connectivity index (χ0) is 17.2. The highest BCUT2D eigenvalue weighted by Gasteiger charge is 2.07. The highest BCUT2D eigenvalue weighted by Crippen LogP contribution is 2.31. The van der Waals surface area contributed by atoms with Gasteiger partial charge in [-0.3, -0.25) is 0 Å². The number of anilines is 2. The number of rotatable bonds is 3. The quantitative estimate of drug-likeness (QED) is 0.585. The Morgan fingerprint density at radius 3 is 2.52 bits per heavy atom. The van der Waals surface area contributed by atoms with Crippen molar-refractivity contribution in [3.8, 4) is 16.6 Å². The summed E-state index contributed by atoms with van der Waals surface area (Å²) >= 11 is 1.69. The van der Waals surface area contributed by atoms with Crippen LogP contribution >= 0.6 is 11.3 Å². The molecule has 0 saturated carbocycles. The van der Waals surface area contributed by atoms with E-state index in [0.717, 1.165) is 21.8 Å². The lowest BCUT2D eigenvalue weighted by Crippen LogP contribution is -1.96. The molecule has 2 aromatic heterocycles. The highest BCUT2D eigenvalue weighted by atomic mass is 32.1. The number of nitrogens with zero attached hydrogens (tertiary/aromatic N) is 4. The Kier molecular flexibility index (Phi) is 3.84. The summed E-state index contributed by atoms with van der Waals surface area (Å²) < 4.78 is 1.20. The van der Waals surface area contributed by atoms with E-state index in [0.29, 0.717) is 11.5 Å². The van der Waals surface area contributed by atoms with Crippen LogP contribution < -0.4 is 5.32 Å². The van der Waals surface area contributed by atoms with Crippen LogP contribution in [0.4, 0.5) is 11.6 Å². The third-order valence-corrected chi connectivity index (χ3v) is 4.78. The SMILES string of the molecule is Cc1ccc2nc(-c3ccc(Nc4ncc(C#N)cn4)cc3)sc2c1. The first-order chi connectivity index (χ1) is 12.2. The number of nitrogens with one attached hydrogen (secondary N) is 1. The van der Waals surface area contributed by atoms with Gasteiger partial charge in [-0.1, -0.05) is 6.07 Å². The first-order valence-corrected chi connectivity index (χ1v) is 8.50. The molecule has 5 nitrogen and oxygen atoms in total. The van der Waals surface area contributed by atoms with Gasteiger partial charge in [-0.15, -0.1) is 11.3 Å². The van der Waals surface area contributed by atoms with E-state index in [1.807, 2.05) is 30.3 Å². The molecule has 0 aliphatic carbocycles. The summed E-state index contributed by atoms with van der Waals surface area (Å²) in [7, 11) is 0. The molecule has 0 amide bonds. The number of fused-ring (bicyclic) bond motifs is 1. The third kappa shape index (κ3) is 3.18. The van der Waals surface area contributed by atoms with E-state index in [9.17, 15) is 0 Å². The molecule has 6 heteroatoms. The molecule has 0 radical (unpaired) electrons. The Balaban J connectivity index is 1.57. The summed E-state index contributed by atoms with van der Waals surface area (Å²) in [6, 6.07) is 16.3. The van der Waals surface area contributed by atoms with Gasteiger partial charge in [-0.25, -0.2) is 15.0 Å². The maximum absolute atomic E-state index is 8.77. The van der Waals surface area contributed by atoms with Crippen molar-refractivity contribution in [3.63, 3.8) is 0 Å². The number of benzene rings is 2. The number of aryl methyl sites for hydroxylation is 1. The third-order valence-electron chi connectivity index (χ3n) is 3.71. The predicted molar refractivity (Wildman–Crippen MR) is 99.8 cm³/mol. The van der Waals surface area contributed by atoms with E-state index in [1.165, 1.54) is 22.7 Å². The summed E-state index contributed by atoms with van der Waals surface area (Å²) in [5.74, 6) is 0.460. The lowest BCUT2D eigenvalue weighted by Gasteiger charge is -2.05. The fraction of sp³-hybridized carbons (Fsp3) is 0.0526. The largest absolute Gasteiger partial charge is 0.324 e. The van der Waals surface area contributed by atoms with Crippen LogP contribution in [-0.2, 0) is 0 Å². The molecule has 2 heterocycles. The van der Waals surface area contributed by atoms with Gasteiger partial charge in [-0.05, 0) is 48.9 Å². The van der Waals surface area contributed by atoms with Gasteiger partial charge in [-0.2, -0.15) is 5.26 Å². The first-order valence-electron chi connectivity index (χ1n) is 7.68. The Morgan fingerprint density at radius 2 is 1.80 bits per heavy atom. The van der Waals surface area contributed by atoms with Crippen molar-refractivity contribution in [1.29, 1.82) is 5.26 Å². The number of hydrogen-bond donors (Lipinski definition) is 1. The number of aromatic nitrogens is 3. The zero-order valence-corrected chi connectivity index (χ0v) is 14.2. The fourth-order valence-electron chi connectivity index (χ4n) is 2.43. The molecule has 4 rings (SSSR count).